The van der Waals surface area contributed by atoms with Gasteiger partial charge in [-0.05, 0) is 31.2 Å². The van der Waals surface area contributed by atoms with E-state index in [1.807, 2.05) is 24.3 Å². The van der Waals surface area contributed by atoms with Crippen molar-refractivity contribution in [2.45, 2.75) is 17.1 Å². The number of anilines is 1. The number of rotatable bonds is 8. The smallest absolute Gasteiger partial charge is 0.316 e. The third-order valence-corrected chi connectivity index (χ3v) is 4.01. The number of hydrogen-bond donors (Lipinski definition) is 1. The van der Waals surface area contributed by atoms with Crippen LogP contribution in [0.15, 0.2) is 29.2 Å². The van der Waals surface area contributed by atoms with Gasteiger partial charge >= 0.3 is 5.97 Å². The fourth-order valence-electron chi connectivity index (χ4n) is 1.56. The Labute approximate surface area is 127 Å². The van der Waals surface area contributed by atoms with Crippen molar-refractivity contribution in [2.24, 2.45) is 0 Å². The maximum atomic E-state index is 10.8. The van der Waals surface area contributed by atoms with Crippen LogP contribution in [0, 0.1) is 0 Å². The number of carboxylic acid groups (broad SMARTS) is 1. The molecule has 1 unspecified atom stereocenters. The molecule has 1 rings (SSSR count). The van der Waals surface area contributed by atoms with Gasteiger partial charge in [0, 0.05) is 35.4 Å². The van der Waals surface area contributed by atoms with Crippen molar-refractivity contribution in [3.8, 4) is 0 Å². The molecule has 0 saturated heterocycles. The molecule has 1 atom stereocenters. The molecule has 6 heteroatoms. The zero-order valence-corrected chi connectivity index (χ0v) is 13.0. The minimum absolute atomic E-state index is 0.451. The zero-order valence-electron chi connectivity index (χ0n) is 10.7. The number of thioether (sulfide) groups is 1. The van der Waals surface area contributed by atoms with Crippen LogP contribution in [-0.2, 0) is 4.79 Å². The second kappa shape index (κ2) is 8.56. The first-order valence-electron chi connectivity index (χ1n) is 5.95. The van der Waals surface area contributed by atoms with Gasteiger partial charge in [0.1, 0.15) is 5.25 Å². The standard InChI is InChI=1S/C13H17Cl2NO2S/c1-10(13(17)18)19-12-4-2-11(3-5-12)16(8-6-14)9-7-15/h2-5,10H,6-9H2,1H3,(H,17,18). The van der Waals surface area contributed by atoms with Gasteiger partial charge < -0.3 is 10.0 Å². The lowest BCUT2D eigenvalue weighted by Crippen LogP contribution is -2.27. The van der Waals surface area contributed by atoms with Gasteiger partial charge in [0.25, 0.3) is 0 Å². The molecule has 1 aromatic carbocycles. The minimum atomic E-state index is -0.806. The zero-order chi connectivity index (χ0) is 14.3. The molecule has 0 spiro atoms. The molecular formula is C13H17Cl2NO2S. The molecule has 1 aromatic rings. The Balaban J connectivity index is 2.71. The molecule has 0 amide bonds. The van der Waals surface area contributed by atoms with Crippen LogP contribution in [0.5, 0.6) is 0 Å². The lowest BCUT2D eigenvalue weighted by atomic mass is 10.3. The summed E-state index contributed by atoms with van der Waals surface area (Å²) in [5.41, 5.74) is 1.05. The summed E-state index contributed by atoms with van der Waals surface area (Å²) in [5, 5.41) is 8.42. The molecule has 0 bridgehead atoms. The van der Waals surface area contributed by atoms with Crippen molar-refractivity contribution in [3.63, 3.8) is 0 Å². The van der Waals surface area contributed by atoms with E-state index in [-0.39, 0.29) is 0 Å². The topological polar surface area (TPSA) is 40.5 Å². The van der Waals surface area contributed by atoms with Gasteiger partial charge in [0.15, 0.2) is 0 Å². The average molecular weight is 322 g/mol. The van der Waals surface area contributed by atoms with E-state index in [2.05, 4.69) is 4.90 Å². The Morgan fingerprint density at radius 1 is 1.26 bits per heavy atom. The first kappa shape index (κ1) is 16.5. The monoisotopic (exact) mass is 321 g/mol. The van der Waals surface area contributed by atoms with Gasteiger partial charge in [-0.1, -0.05) is 0 Å². The minimum Gasteiger partial charge on any atom is -0.480 e. The lowest BCUT2D eigenvalue weighted by molar-refractivity contribution is -0.136. The van der Waals surface area contributed by atoms with E-state index in [1.165, 1.54) is 11.8 Å². The van der Waals surface area contributed by atoms with Crippen LogP contribution in [0.25, 0.3) is 0 Å². The molecule has 0 radical (unpaired) electrons. The van der Waals surface area contributed by atoms with Gasteiger partial charge in [-0.3, -0.25) is 4.79 Å². The average Bonchev–Trinajstić information content (AvgIpc) is 2.39. The first-order valence-corrected chi connectivity index (χ1v) is 7.89. The largest absolute Gasteiger partial charge is 0.480 e. The van der Waals surface area contributed by atoms with Crippen molar-refractivity contribution in [1.82, 2.24) is 0 Å². The number of halogens is 2. The Bertz CT molecular complexity index is 394. The summed E-state index contributed by atoms with van der Waals surface area (Å²) in [4.78, 5) is 13.8. The molecule has 3 nitrogen and oxygen atoms in total. The van der Waals surface area contributed by atoms with Crippen molar-refractivity contribution in [3.05, 3.63) is 24.3 Å². The first-order chi connectivity index (χ1) is 9.08. The maximum absolute atomic E-state index is 10.8. The van der Waals surface area contributed by atoms with Crippen molar-refractivity contribution in [2.75, 3.05) is 29.7 Å². The van der Waals surface area contributed by atoms with E-state index in [4.69, 9.17) is 28.3 Å². The van der Waals surface area contributed by atoms with Gasteiger partial charge in [0.05, 0.1) is 0 Å². The third kappa shape index (κ3) is 5.51. The van der Waals surface area contributed by atoms with Crippen molar-refractivity contribution >= 4 is 46.6 Å². The van der Waals surface area contributed by atoms with Crippen LogP contribution in [0.1, 0.15) is 6.92 Å². The van der Waals surface area contributed by atoms with Gasteiger partial charge in [-0.25, -0.2) is 0 Å². The number of hydrogen-bond acceptors (Lipinski definition) is 3. The molecule has 0 aliphatic carbocycles. The number of alkyl halides is 2. The Morgan fingerprint density at radius 3 is 2.21 bits per heavy atom. The second-order valence-electron chi connectivity index (χ2n) is 3.96. The highest BCUT2D eigenvalue weighted by molar-refractivity contribution is 8.00. The van der Waals surface area contributed by atoms with E-state index in [0.717, 1.165) is 23.7 Å². The molecular weight excluding hydrogens is 305 g/mol. The lowest BCUT2D eigenvalue weighted by Gasteiger charge is -2.23. The van der Waals surface area contributed by atoms with Crippen LogP contribution >= 0.6 is 35.0 Å². The molecule has 0 heterocycles. The fraction of sp³-hybridized carbons (Fsp3) is 0.462. The Hall–Kier alpha value is -0.580. The van der Waals surface area contributed by atoms with Crippen LogP contribution in [0.3, 0.4) is 0 Å². The highest BCUT2D eigenvalue weighted by Crippen LogP contribution is 2.26. The Kier molecular flexibility index (Phi) is 7.42. The highest BCUT2D eigenvalue weighted by atomic mass is 35.5. The maximum Gasteiger partial charge on any atom is 0.316 e. The molecule has 0 saturated carbocycles. The third-order valence-electron chi connectivity index (χ3n) is 2.57. The second-order valence-corrected chi connectivity index (χ2v) is 6.13. The number of benzene rings is 1. The molecule has 0 aliphatic heterocycles. The Morgan fingerprint density at radius 2 is 1.79 bits per heavy atom. The summed E-state index contributed by atoms with van der Waals surface area (Å²) in [6, 6.07) is 7.79. The summed E-state index contributed by atoms with van der Waals surface area (Å²) >= 11 is 12.9. The van der Waals surface area contributed by atoms with Crippen molar-refractivity contribution in [1.29, 1.82) is 0 Å². The number of nitrogens with zero attached hydrogens (tertiary/aromatic N) is 1. The van der Waals surface area contributed by atoms with E-state index in [0.29, 0.717) is 11.8 Å². The van der Waals surface area contributed by atoms with Gasteiger partial charge in [0.2, 0.25) is 0 Å². The number of aliphatic carboxylic acids is 1. The highest BCUT2D eigenvalue weighted by Gasteiger charge is 2.12. The SMILES string of the molecule is CC(Sc1ccc(N(CCCl)CCCl)cc1)C(=O)O. The summed E-state index contributed by atoms with van der Waals surface area (Å²) in [6.45, 7) is 3.16. The number of carbonyl (C=O) groups is 1. The van der Waals surface area contributed by atoms with E-state index < -0.39 is 11.2 Å². The number of carboxylic acids is 1. The summed E-state index contributed by atoms with van der Waals surface area (Å²) in [5.74, 6) is 0.285. The normalized spacial score (nSPS) is 12.2. The van der Waals surface area contributed by atoms with Gasteiger partial charge in [-0.2, -0.15) is 0 Å². The molecule has 0 aliphatic rings. The quantitative estimate of drug-likeness (QED) is 0.587. The molecule has 19 heavy (non-hydrogen) atoms. The predicted molar refractivity (Wildman–Crippen MR) is 83.0 cm³/mol. The van der Waals surface area contributed by atoms with Crippen molar-refractivity contribution < 1.29 is 9.90 Å². The van der Waals surface area contributed by atoms with E-state index in [9.17, 15) is 4.79 Å². The van der Waals surface area contributed by atoms with Gasteiger partial charge in [-0.15, -0.1) is 35.0 Å². The molecule has 0 fully saturated rings. The van der Waals surface area contributed by atoms with E-state index in [1.54, 1.807) is 6.92 Å². The summed E-state index contributed by atoms with van der Waals surface area (Å²) in [6.07, 6.45) is 0. The molecule has 1 N–H and O–H groups in total. The van der Waals surface area contributed by atoms with E-state index >= 15 is 0 Å². The summed E-state index contributed by atoms with van der Waals surface area (Å²) in [7, 11) is 0. The molecule has 0 aromatic heterocycles. The van der Waals surface area contributed by atoms with Crippen LogP contribution in [0.2, 0.25) is 0 Å². The van der Waals surface area contributed by atoms with Crippen LogP contribution < -0.4 is 4.90 Å². The summed E-state index contributed by atoms with van der Waals surface area (Å²) < 4.78 is 0. The predicted octanol–water partition coefficient (Wildman–Crippen LogP) is 3.54. The fourth-order valence-corrected chi connectivity index (χ4v) is 2.77. The van der Waals surface area contributed by atoms with Crippen LogP contribution in [0.4, 0.5) is 5.69 Å². The molecule has 106 valence electrons. The van der Waals surface area contributed by atoms with Crippen LogP contribution in [-0.4, -0.2) is 41.2 Å².